The van der Waals surface area contributed by atoms with E-state index in [2.05, 4.69) is 29.3 Å². The molecule has 0 spiro atoms. The summed E-state index contributed by atoms with van der Waals surface area (Å²) < 4.78 is 33.9. The highest BCUT2D eigenvalue weighted by molar-refractivity contribution is 5.67. The quantitative estimate of drug-likeness (QED) is 0.388. The Balaban J connectivity index is 1.42. The second kappa shape index (κ2) is 11.2. The lowest BCUT2D eigenvalue weighted by Gasteiger charge is -2.33. The first-order valence-corrected chi connectivity index (χ1v) is 11.9. The molecule has 3 aromatic carbocycles. The Kier molecular flexibility index (Phi) is 7.85. The van der Waals surface area contributed by atoms with Crippen LogP contribution in [0.25, 0.3) is 0 Å². The number of fused-ring (bicyclic) bond motifs is 1. The smallest absolute Gasteiger partial charge is 0.303 e. The van der Waals surface area contributed by atoms with Crippen LogP contribution in [0.5, 0.6) is 5.75 Å². The van der Waals surface area contributed by atoms with Gasteiger partial charge in [-0.05, 0) is 72.7 Å². The van der Waals surface area contributed by atoms with Crippen LogP contribution in [0.15, 0.2) is 54.6 Å². The van der Waals surface area contributed by atoms with Crippen LogP contribution < -0.4 is 15.0 Å². The van der Waals surface area contributed by atoms with Crippen LogP contribution in [0, 0.1) is 18.6 Å². The van der Waals surface area contributed by atoms with Gasteiger partial charge in [-0.25, -0.2) is 8.78 Å². The van der Waals surface area contributed by atoms with Crippen molar-refractivity contribution >= 4 is 17.3 Å². The first-order chi connectivity index (χ1) is 16.9. The summed E-state index contributed by atoms with van der Waals surface area (Å²) in [5, 5.41) is 12.1. The first-order valence-electron chi connectivity index (χ1n) is 11.9. The topological polar surface area (TPSA) is 61.8 Å². The fourth-order valence-electron chi connectivity index (χ4n) is 4.55. The van der Waals surface area contributed by atoms with E-state index < -0.39 is 11.8 Å². The van der Waals surface area contributed by atoms with Gasteiger partial charge in [0.15, 0.2) is 11.6 Å². The van der Waals surface area contributed by atoms with Crippen LogP contribution in [0.3, 0.4) is 0 Å². The van der Waals surface area contributed by atoms with Gasteiger partial charge in [-0.3, -0.25) is 4.79 Å². The van der Waals surface area contributed by atoms with Crippen LogP contribution in [-0.2, 0) is 24.2 Å². The number of nitrogens with zero attached hydrogens (tertiary/aromatic N) is 1. The van der Waals surface area contributed by atoms with Crippen molar-refractivity contribution in [1.82, 2.24) is 0 Å². The number of nitrogens with one attached hydrogen (secondary N) is 1. The molecule has 0 bridgehead atoms. The van der Waals surface area contributed by atoms with E-state index in [1.54, 1.807) is 30.3 Å². The van der Waals surface area contributed by atoms with Gasteiger partial charge in [-0.15, -0.1) is 0 Å². The van der Waals surface area contributed by atoms with Crippen molar-refractivity contribution in [2.24, 2.45) is 0 Å². The number of carboxylic acid groups (broad SMARTS) is 1. The number of hydrogen-bond acceptors (Lipinski definition) is 4. The molecular weight excluding hydrogens is 450 g/mol. The molecule has 0 aliphatic carbocycles. The van der Waals surface area contributed by atoms with Crippen molar-refractivity contribution in [2.45, 2.75) is 39.2 Å². The number of aryl methyl sites for hydroxylation is 2. The number of carbonyl (C=O) groups is 1. The van der Waals surface area contributed by atoms with E-state index in [4.69, 9.17) is 9.84 Å². The second-order valence-electron chi connectivity index (χ2n) is 8.78. The minimum Gasteiger partial charge on any atom is -0.489 e. The number of halogens is 2. The largest absolute Gasteiger partial charge is 0.489 e. The predicted octanol–water partition coefficient (Wildman–Crippen LogP) is 5.73. The van der Waals surface area contributed by atoms with Crippen LogP contribution in [0.4, 0.5) is 20.2 Å². The molecule has 0 amide bonds. The standard InChI is InChI=1S/C28H30F2N2O3/c1-19-22(18-31-23-12-10-20(25(30)17-23)11-13-27(33)34)9-8-21-5-4-14-32(28(19)21)15-16-35-26-7-3-2-6-24(26)29/h2-3,6-10,12,17,31H,4-5,11,13-16,18H2,1H3,(H,33,34). The number of hydrogen-bond donors (Lipinski definition) is 2. The predicted molar refractivity (Wildman–Crippen MR) is 133 cm³/mol. The van der Waals surface area contributed by atoms with Crippen LogP contribution >= 0.6 is 0 Å². The Morgan fingerprint density at radius 2 is 1.89 bits per heavy atom. The molecule has 0 unspecified atom stereocenters. The number of carboxylic acids is 1. The lowest BCUT2D eigenvalue weighted by atomic mass is 9.94. The average Bonchev–Trinajstić information content (AvgIpc) is 2.84. The van der Waals surface area contributed by atoms with Crippen molar-refractivity contribution in [2.75, 3.05) is 29.9 Å². The number of aliphatic carboxylic acids is 1. The number of ether oxygens (including phenoxy) is 1. The molecule has 1 aliphatic rings. The van der Waals surface area contributed by atoms with Gasteiger partial charge in [-0.1, -0.05) is 30.3 Å². The van der Waals surface area contributed by atoms with Gasteiger partial charge >= 0.3 is 5.97 Å². The SMILES string of the molecule is Cc1c(CNc2ccc(CCC(=O)O)c(F)c2)ccc2c1N(CCOc1ccccc1F)CCC2. The van der Waals surface area contributed by atoms with Gasteiger partial charge in [0.2, 0.25) is 0 Å². The lowest BCUT2D eigenvalue weighted by Crippen LogP contribution is -2.34. The summed E-state index contributed by atoms with van der Waals surface area (Å²) in [4.78, 5) is 13.0. The Hall–Kier alpha value is -3.61. The molecule has 0 aromatic heterocycles. The molecule has 3 aromatic rings. The maximum Gasteiger partial charge on any atom is 0.303 e. The summed E-state index contributed by atoms with van der Waals surface area (Å²) in [6.07, 6.45) is 2.14. The minimum atomic E-state index is -0.942. The first kappa shape index (κ1) is 24.5. The highest BCUT2D eigenvalue weighted by atomic mass is 19.1. The third-order valence-electron chi connectivity index (χ3n) is 6.42. The number of anilines is 2. The monoisotopic (exact) mass is 480 g/mol. The van der Waals surface area contributed by atoms with Crippen molar-refractivity contribution in [3.8, 4) is 5.75 Å². The normalized spacial score (nSPS) is 12.8. The zero-order chi connectivity index (χ0) is 24.8. The fraction of sp³-hybridized carbons (Fsp3) is 0.321. The zero-order valence-electron chi connectivity index (χ0n) is 19.8. The molecule has 5 nitrogen and oxygen atoms in total. The summed E-state index contributed by atoms with van der Waals surface area (Å²) in [6.45, 7) is 4.58. The highest BCUT2D eigenvalue weighted by Gasteiger charge is 2.21. The van der Waals surface area contributed by atoms with Crippen LogP contribution in [-0.4, -0.2) is 30.8 Å². The summed E-state index contributed by atoms with van der Waals surface area (Å²) >= 11 is 0. The number of benzene rings is 3. The third-order valence-corrected chi connectivity index (χ3v) is 6.42. The molecule has 4 rings (SSSR count). The molecule has 2 N–H and O–H groups in total. The molecule has 1 aliphatic heterocycles. The van der Waals surface area contributed by atoms with Crippen LogP contribution in [0.2, 0.25) is 0 Å². The van der Waals surface area contributed by atoms with Gasteiger partial charge in [-0.2, -0.15) is 0 Å². The molecule has 184 valence electrons. The Labute approximate surface area is 204 Å². The Morgan fingerprint density at radius 3 is 2.66 bits per heavy atom. The van der Waals surface area contributed by atoms with Crippen LogP contribution in [0.1, 0.15) is 35.1 Å². The van der Waals surface area contributed by atoms with E-state index in [1.165, 1.54) is 28.9 Å². The van der Waals surface area contributed by atoms with E-state index in [1.807, 2.05) is 0 Å². The maximum atomic E-state index is 14.4. The molecule has 0 saturated carbocycles. The van der Waals surface area contributed by atoms with Crippen molar-refractivity contribution in [1.29, 1.82) is 0 Å². The fourth-order valence-corrected chi connectivity index (χ4v) is 4.55. The molecule has 0 radical (unpaired) electrons. The summed E-state index contributed by atoms with van der Waals surface area (Å²) in [5.74, 6) is -1.44. The van der Waals surface area contributed by atoms with Gasteiger partial charge in [0, 0.05) is 30.9 Å². The third kappa shape index (κ3) is 6.10. The summed E-state index contributed by atoms with van der Waals surface area (Å²) in [7, 11) is 0. The lowest BCUT2D eigenvalue weighted by molar-refractivity contribution is -0.136. The maximum absolute atomic E-state index is 14.4. The minimum absolute atomic E-state index is 0.0974. The van der Waals surface area contributed by atoms with Crippen molar-refractivity contribution in [3.05, 3.63) is 88.5 Å². The molecule has 0 fully saturated rings. The van der Waals surface area contributed by atoms with E-state index in [-0.39, 0.29) is 24.4 Å². The zero-order valence-corrected chi connectivity index (χ0v) is 19.8. The Morgan fingerprint density at radius 1 is 1.09 bits per heavy atom. The summed E-state index contributed by atoms with van der Waals surface area (Å²) in [6, 6.07) is 15.5. The van der Waals surface area contributed by atoms with Crippen molar-refractivity contribution in [3.63, 3.8) is 0 Å². The van der Waals surface area contributed by atoms with Crippen molar-refractivity contribution < 1.29 is 23.4 Å². The molecule has 0 saturated heterocycles. The molecule has 0 atom stereocenters. The van der Waals surface area contributed by atoms with E-state index >= 15 is 0 Å². The van der Waals surface area contributed by atoms with Gasteiger partial charge in [0.25, 0.3) is 0 Å². The molecular formula is C28H30F2N2O3. The van der Waals surface area contributed by atoms with Gasteiger partial charge < -0.3 is 20.1 Å². The summed E-state index contributed by atoms with van der Waals surface area (Å²) in [5.41, 5.74) is 5.81. The van der Waals surface area contributed by atoms with Gasteiger partial charge in [0.05, 0.1) is 6.54 Å². The van der Waals surface area contributed by atoms with E-state index in [0.29, 0.717) is 30.9 Å². The van der Waals surface area contributed by atoms with E-state index in [9.17, 15) is 13.6 Å². The van der Waals surface area contributed by atoms with Gasteiger partial charge in [0.1, 0.15) is 12.4 Å². The number of rotatable bonds is 10. The average molecular weight is 481 g/mol. The highest BCUT2D eigenvalue weighted by Crippen LogP contribution is 2.33. The molecule has 35 heavy (non-hydrogen) atoms. The number of para-hydroxylation sites is 1. The second-order valence-corrected chi connectivity index (χ2v) is 8.78. The molecule has 1 heterocycles. The molecule has 7 heteroatoms. The Bertz CT molecular complexity index is 1200. The van der Waals surface area contributed by atoms with E-state index in [0.717, 1.165) is 24.9 Å².